The molecular weight excluding hydrogens is 612 g/mol. The number of hydrogen-bond donors (Lipinski definition) is 1. The van der Waals surface area contributed by atoms with E-state index < -0.39 is 0 Å². The molecule has 254 valence electrons. The summed E-state index contributed by atoms with van der Waals surface area (Å²) in [6.45, 7) is 9.38. The van der Waals surface area contributed by atoms with Gasteiger partial charge in [-0.3, -0.25) is 4.79 Å². The van der Waals surface area contributed by atoms with E-state index in [1.165, 1.54) is 12.0 Å². The Kier molecular flexibility index (Phi) is 12.5. The number of methoxy groups -OCH3 is 1. The lowest BCUT2D eigenvalue weighted by atomic mass is 9.97. The van der Waals surface area contributed by atoms with E-state index in [9.17, 15) is 4.79 Å². The second-order valence-electron chi connectivity index (χ2n) is 13.4. The molecule has 0 aliphatic heterocycles. The van der Waals surface area contributed by atoms with E-state index in [0.29, 0.717) is 49.4 Å². The predicted octanol–water partition coefficient (Wildman–Crippen LogP) is 7.34. The molecule has 2 saturated carbocycles. The maximum Gasteiger partial charge on any atom is 0.227 e. The first-order chi connectivity index (χ1) is 22.7. The molecule has 0 bridgehead atoms. The maximum absolute atomic E-state index is 14.0. The fourth-order valence-corrected chi connectivity index (χ4v) is 6.55. The van der Waals surface area contributed by atoms with Gasteiger partial charge in [-0.1, -0.05) is 42.8 Å². The molecule has 2 N–H and O–H groups in total. The van der Waals surface area contributed by atoms with E-state index in [1.54, 1.807) is 7.11 Å². The largest absolute Gasteiger partial charge is 0.493 e. The number of aryl methyl sites for hydroxylation is 3. The molecule has 1 unspecified atom stereocenters. The van der Waals surface area contributed by atoms with Crippen molar-refractivity contribution in [1.29, 1.82) is 0 Å². The molecule has 2 fully saturated rings. The number of benzene rings is 3. The summed E-state index contributed by atoms with van der Waals surface area (Å²) >= 11 is 6.35. The quantitative estimate of drug-likeness (QED) is 0.135. The highest BCUT2D eigenvalue weighted by molar-refractivity contribution is 6.32. The number of hydrogen-bond acceptors (Lipinski definition) is 6. The number of rotatable bonds is 19. The highest BCUT2D eigenvalue weighted by Crippen LogP contribution is 2.38. The van der Waals surface area contributed by atoms with Crippen molar-refractivity contribution in [3.05, 3.63) is 87.4 Å². The van der Waals surface area contributed by atoms with Crippen LogP contribution in [0.15, 0.2) is 54.6 Å². The van der Waals surface area contributed by atoms with Crippen LogP contribution in [0, 0.1) is 31.6 Å². The molecule has 47 heavy (non-hydrogen) atoms. The molecular formula is C39H51ClN2O5. The first-order valence-corrected chi connectivity index (χ1v) is 17.5. The Hall–Kier alpha value is -3.26. The molecule has 0 spiro atoms. The monoisotopic (exact) mass is 662 g/mol. The van der Waals surface area contributed by atoms with Crippen LogP contribution in [0.25, 0.3) is 0 Å². The van der Waals surface area contributed by atoms with Gasteiger partial charge in [-0.05, 0) is 122 Å². The van der Waals surface area contributed by atoms with Gasteiger partial charge < -0.3 is 29.6 Å². The molecule has 0 aromatic heterocycles. The molecule has 3 aromatic rings. The minimum Gasteiger partial charge on any atom is -0.493 e. The first-order valence-electron chi connectivity index (χ1n) is 17.1. The van der Waals surface area contributed by atoms with Gasteiger partial charge >= 0.3 is 0 Å². The summed E-state index contributed by atoms with van der Waals surface area (Å²) in [4.78, 5) is 16.0. The summed E-state index contributed by atoms with van der Waals surface area (Å²) in [6.07, 6.45) is 5.74. The molecule has 2 aliphatic rings. The van der Waals surface area contributed by atoms with Crippen LogP contribution in [0.2, 0.25) is 5.02 Å². The fourth-order valence-electron chi connectivity index (χ4n) is 6.17. The van der Waals surface area contributed by atoms with E-state index in [0.717, 1.165) is 78.6 Å². The normalized spacial score (nSPS) is 17.7. The summed E-state index contributed by atoms with van der Waals surface area (Å²) in [5.41, 5.74) is 11.7. The third-order valence-electron chi connectivity index (χ3n) is 9.22. The van der Waals surface area contributed by atoms with Crippen molar-refractivity contribution in [3.8, 4) is 17.2 Å². The smallest absolute Gasteiger partial charge is 0.227 e. The molecule has 0 saturated heterocycles. The number of nitrogens with zero attached hydrogens (tertiary/aromatic N) is 1. The Balaban J connectivity index is 1.17. The SMILES string of the molecule is COCCCc1cc(CN(C(=O)C(CN)Cc2ccc(OCCOc3c(C)cc(C)cc3Cl)cc2)C2CC2)cc(OC[C@@H]2C[C@H]2C)c1. The van der Waals surface area contributed by atoms with Gasteiger partial charge in [-0.2, -0.15) is 0 Å². The number of halogens is 1. The van der Waals surface area contributed by atoms with Crippen molar-refractivity contribution in [1.82, 2.24) is 4.90 Å². The molecule has 5 rings (SSSR count). The van der Waals surface area contributed by atoms with Crippen LogP contribution in [0.5, 0.6) is 17.2 Å². The summed E-state index contributed by atoms with van der Waals surface area (Å²) in [6, 6.07) is 18.6. The Morgan fingerprint density at radius 2 is 1.66 bits per heavy atom. The van der Waals surface area contributed by atoms with Gasteiger partial charge in [-0.15, -0.1) is 0 Å². The Bertz CT molecular complexity index is 1450. The van der Waals surface area contributed by atoms with E-state index in [2.05, 4.69) is 36.1 Å². The van der Waals surface area contributed by atoms with Crippen LogP contribution < -0.4 is 19.9 Å². The fraction of sp³-hybridized carbons (Fsp3) is 0.513. The summed E-state index contributed by atoms with van der Waals surface area (Å²) in [7, 11) is 1.73. The summed E-state index contributed by atoms with van der Waals surface area (Å²) in [5, 5.41) is 0.611. The zero-order valence-corrected chi connectivity index (χ0v) is 29.2. The van der Waals surface area contributed by atoms with Crippen molar-refractivity contribution in [2.75, 3.05) is 40.1 Å². The average molecular weight is 663 g/mol. The molecule has 2 aliphatic carbocycles. The number of ether oxygens (including phenoxy) is 4. The van der Waals surface area contributed by atoms with Crippen molar-refractivity contribution >= 4 is 17.5 Å². The van der Waals surface area contributed by atoms with Gasteiger partial charge in [0.25, 0.3) is 0 Å². The van der Waals surface area contributed by atoms with E-state index in [1.807, 2.05) is 44.2 Å². The average Bonchev–Trinajstić information content (AvgIpc) is 3.99. The van der Waals surface area contributed by atoms with E-state index >= 15 is 0 Å². The van der Waals surface area contributed by atoms with Crippen molar-refractivity contribution < 1.29 is 23.7 Å². The van der Waals surface area contributed by atoms with Gasteiger partial charge in [0.1, 0.15) is 30.5 Å². The lowest BCUT2D eigenvalue weighted by Crippen LogP contribution is -2.41. The van der Waals surface area contributed by atoms with Crippen LogP contribution in [0.4, 0.5) is 0 Å². The van der Waals surface area contributed by atoms with Crippen LogP contribution in [0.3, 0.4) is 0 Å². The lowest BCUT2D eigenvalue weighted by molar-refractivity contribution is -0.136. The molecule has 8 heteroatoms. The molecule has 0 heterocycles. The Morgan fingerprint density at radius 3 is 2.32 bits per heavy atom. The zero-order valence-electron chi connectivity index (χ0n) is 28.4. The van der Waals surface area contributed by atoms with Crippen molar-refractivity contribution in [2.24, 2.45) is 23.5 Å². The molecule has 1 amide bonds. The van der Waals surface area contributed by atoms with Crippen LogP contribution in [-0.4, -0.2) is 56.9 Å². The van der Waals surface area contributed by atoms with Crippen molar-refractivity contribution in [3.63, 3.8) is 0 Å². The van der Waals surface area contributed by atoms with Gasteiger partial charge in [0.05, 0.1) is 17.5 Å². The number of carbonyl (C=O) groups excluding carboxylic acids is 1. The summed E-state index contributed by atoms with van der Waals surface area (Å²) in [5.74, 6) is 3.56. The number of nitrogens with two attached hydrogens (primary N) is 1. The van der Waals surface area contributed by atoms with E-state index in [-0.39, 0.29) is 17.9 Å². The second kappa shape index (κ2) is 16.7. The molecule has 3 aromatic carbocycles. The Labute approximate surface area is 285 Å². The molecule has 3 atom stereocenters. The van der Waals surface area contributed by atoms with E-state index in [4.69, 9.17) is 36.3 Å². The van der Waals surface area contributed by atoms with Crippen molar-refractivity contribution in [2.45, 2.75) is 71.9 Å². The highest BCUT2D eigenvalue weighted by Gasteiger charge is 2.36. The van der Waals surface area contributed by atoms with Gasteiger partial charge in [0.2, 0.25) is 5.91 Å². The third-order valence-corrected chi connectivity index (χ3v) is 9.50. The first kappa shape index (κ1) is 35.1. The van der Waals surface area contributed by atoms with Gasteiger partial charge in [-0.25, -0.2) is 0 Å². The topological polar surface area (TPSA) is 83.3 Å². The minimum atomic E-state index is -0.296. The number of carbonyl (C=O) groups is 1. The van der Waals surface area contributed by atoms with Gasteiger partial charge in [0, 0.05) is 32.8 Å². The number of amides is 1. The third kappa shape index (κ3) is 10.4. The maximum atomic E-state index is 14.0. The van der Waals surface area contributed by atoms with Crippen LogP contribution in [0.1, 0.15) is 60.4 Å². The van der Waals surface area contributed by atoms with Crippen LogP contribution >= 0.6 is 11.6 Å². The Morgan fingerprint density at radius 1 is 0.936 bits per heavy atom. The standard InChI is InChI=1S/C39H51ClN2O5/c1-26-16-28(3)38(37(40)17-26)46-15-14-45-35-11-7-29(8-12-35)20-32(23-41)39(43)42(34-9-10-34)24-31-19-30(6-5-13-44-4)21-36(22-31)47-25-33-18-27(33)2/h7-8,11-12,16-17,19,21-22,27,32-34H,5-6,9-10,13-15,18,20,23-25,41H2,1-4H3/t27-,32?,33+/m1/s1. The molecule has 0 radical (unpaired) electrons. The lowest BCUT2D eigenvalue weighted by Gasteiger charge is -2.28. The second-order valence-corrected chi connectivity index (χ2v) is 13.8. The zero-order chi connectivity index (χ0) is 33.3. The van der Waals surface area contributed by atoms with Gasteiger partial charge in [0.15, 0.2) is 0 Å². The highest BCUT2D eigenvalue weighted by atomic mass is 35.5. The summed E-state index contributed by atoms with van der Waals surface area (Å²) < 4.78 is 23.3. The molecule has 7 nitrogen and oxygen atoms in total. The minimum absolute atomic E-state index is 0.122. The van der Waals surface area contributed by atoms with Crippen LogP contribution in [-0.2, 0) is 28.9 Å². The predicted molar refractivity (Wildman–Crippen MR) is 188 cm³/mol.